The van der Waals surface area contributed by atoms with E-state index in [0.717, 1.165) is 0 Å². The third-order valence-electron chi connectivity index (χ3n) is 3.74. The molecular formula is C29H54. The fourth-order valence-electron chi connectivity index (χ4n) is 1.32. The standard InChI is InChI=1S/C12H16.C6H12.C4H10.C3H8.2C2H4/c1-5-10(3)12-8-9(2)6-7-11(12)4;1-5(2)6(3)4;1-3-4-2;1-3-2;2*1-2/h5-8H,1-4H3;6H,1H2,2-4H3;3-4H2,1-2H3;3H2,1-2H3;2*1-2H2/b10-5-;;;;;. The van der Waals surface area contributed by atoms with Crippen LogP contribution in [0.3, 0.4) is 0 Å². The molecule has 1 rings (SSSR count). The Hall–Kier alpha value is -1.82. The first kappa shape index (κ1) is 37.9. The smallest absolute Gasteiger partial charge is 0.0199 e. The summed E-state index contributed by atoms with van der Waals surface area (Å²) in [5.41, 5.74) is 6.68. The van der Waals surface area contributed by atoms with Crippen molar-refractivity contribution in [3.05, 3.63) is 79.4 Å². The first-order valence-electron chi connectivity index (χ1n) is 11.0. The summed E-state index contributed by atoms with van der Waals surface area (Å²) in [6.45, 7) is 39.2. The van der Waals surface area contributed by atoms with Gasteiger partial charge < -0.3 is 0 Å². The number of unbranched alkanes of at least 4 members (excludes halogenated alkanes) is 1. The van der Waals surface area contributed by atoms with E-state index in [1.807, 2.05) is 6.92 Å². The Labute approximate surface area is 186 Å². The molecule has 0 bridgehead atoms. The van der Waals surface area contributed by atoms with Crippen LogP contribution in [0.5, 0.6) is 0 Å². The van der Waals surface area contributed by atoms with Gasteiger partial charge >= 0.3 is 0 Å². The maximum absolute atomic E-state index is 3.75. The van der Waals surface area contributed by atoms with Crippen LogP contribution >= 0.6 is 0 Å². The molecular weight excluding hydrogens is 348 g/mol. The second kappa shape index (κ2) is 30.9. The second-order valence-electron chi connectivity index (χ2n) is 7.00. The van der Waals surface area contributed by atoms with Crippen LogP contribution in [0.15, 0.2) is 62.7 Å². The van der Waals surface area contributed by atoms with Gasteiger partial charge in [-0.05, 0) is 57.2 Å². The highest BCUT2D eigenvalue weighted by Crippen LogP contribution is 2.19. The van der Waals surface area contributed by atoms with Crippen molar-refractivity contribution in [2.24, 2.45) is 5.92 Å². The maximum Gasteiger partial charge on any atom is -0.0199 e. The normalized spacial score (nSPS) is 8.76. The van der Waals surface area contributed by atoms with Gasteiger partial charge in [0.25, 0.3) is 0 Å². The van der Waals surface area contributed by atoms with Gasteiger partial charge in [0.15, 0.2) is 0 Å². The number of hydrogen-bond acceptors (Lipinski definition) is 0. The van der Waals surface area contributed by atoms with Crippen LogP contribution in [-0.4, -0.2) is 0 Å². The summed E-state index contributed by atoms with van der Waals surface area (Å²) in [5.74, 6) is 0.657. The molecule has 170 valence electrons. The third-order valence-corrected chi connectivity index (χ3v) is 3.74. The molecule has 0 heteroatoms. The Balaban J connectivity index is -0.0000000955. The minimum atomic E-state index is 0.657. The molecule has 0 nitrogen and oxygen atoms in total. The third kappa shape index (κ3) is 31.1. The average Bonchev–Trinajstić information content (AvgIpc) is 2.73. The van der Waals surface area contributed by atoms with Gasteiger partial charge in [0.1, 0.15) is 0 Å². The van der Waals surface area contributed by atoms with Gasteiger partial charge in [0, 0.05) is 0 Å². The van der Waals surface area contributed by atoms with E-state index in [-0.39, 0.29) is 0 Å². The van der Waals surface area contributed by atoms with E-state index in [4.69, 9.17) is 0 Å². The number of aryl methyl sites for hydroxylation is 2. The molecule has 0 aromatic heterocycles. The van der Waals surface area contributed by atoms with Crippen molar-refractivity contribution >= 4 is 5.57 Å². The van der Waals surface area contributed by atoms with Crippen LogP contribution in [0.25, 0.3) is 5.57 Å². The average molecular weight is 403 g/mol. The van der Waals surface area contributed by atoms with Crippen molar-refractivity contribution in [3.63, 3.8) is 0 Å². The molecule has 0 saturated carbocycles. The molecule has 0 radical (unpaired) electrons. The van der Waals surface area contributed by atoms with Crippen molar-refractivity contribution in [3.8, 4) is 0 Å². The Morgan fingerprint density at radius 1 is 0.897 bits per heavy atom. The summed E-state index contributed by atoms with van der Waals surface area (Å²) in [6.07, 6.45) is 6.04. The molecule has 0 fully saturated rings. The molecule has 1 aromatic carbocycles. The van der Waals surface area contributed by atoms with Gasteiger partial charge in [-0.15, -0.1) is 26.3 Å². The highest BCUT2D eigenvalue weighted by molar-refractivity contribution is 5.66. The number of hydrogen-bond donors (Lipinski definition) is 0. The quantitative estimate of drug-likeness (QED) is 0.441. The van der Waals surface area contributed by atoms with E-state index in [1.54, 1.807) is 0 Å². The SMILES string of the molecule is C/C=C(/C)c1cc(C)ccc1C.C=C.C=C.C=C(C)C(C)C.CCC.CCCC. The lowest BCUT2D eigenvalue weighted by Gasteiger charge is -2.06. The molecule has 0 atom stereocenters. The van der Waals surface area contributed by atoms with Crippen molar-refractivity contribution in [1.82, 2.24) is 0 Å². The summed E-state index contributed by atoms with van der Waals surface area (Å²) >= 11 is 0. The van der Waals surface area contributed by atoms with E-state index in [2.05, 4.69) is 126 Å². The highest BCUT2D eigenvalue weighted by Gasteiger charge is 1.98. The molecule has 1 aromatic rings. The van der Waals surface area contributed by atoms with Crippen LogP contribution in [-0.2, 0) is 0 Å². The van der Waals surface area contributed by atoms with Crippen molar-refractivity contribution < 1.29 is 0 Å². The topological polar surface area (TPSA) is 0 Å². The summed E-state index contributed by atoms with van der Waals surface area (Å²) in [7, 11) is 0. The molecule has 0 amide bonds. The molecule has 0 aliphatic carbocycles. The minimum absolute atomic E-state index is 0.657. The summed E-state index contributed by atoms with van der Waals surface area (Å²) in [5, 5.41) is 0. The molecule has 0 aliphatic heterocycles. The maximum atomic E-state index is 3.75. The van der Waals surface area contributed by atoms with Crippen molar-refractivity contribution in [2.45, 2.75) is 95.4 Å². The lowest BCUT2D eigenvalue weighted by atomic mass is 9.99. The Kier molecular flexibility index (Phi) is 40.3. The van der Waals surface area contributed by atoms with Gasteiger partial charge in [-0.2, -0.15) is 0 Å². The van der Waals surface area contributed by atoms with Gasteiger partial charge in [-0.25, -0.2) is 0 Å². The van der Waals surface area contributed by atoms with Gasteiger partial charge in [0.2, 0.25) is 0 Å². The fourth-order valence-corrected chi connectivity index (χ4v) is 1.32. The molecule has 0 N–H and O–H groups in total. The fraction of sp³-hybridized carbons (Fsp3) is 0.517. The molecule has 0 saturated heterocycles. The first-order valence-corrected chi connectivity index (χ1v) is 11.0. The first-order chi connectivity index (χ1) is 13.6. The Morgan fingerprint density at radius 2 is 1.24 bits per heavy atom. The largest absolute Gasteiger partial charge is 0.106 e. The van der Waals surface area contributed by atoms with Crippen LogP contribution in [0.4, 0.5) is 0 Å². The van der Waals surface area contributed by atoms with E-state index in [0.29, 0.717) is 5.92 Å². The predicted octanol–water partition coefficient (Wildman–Crippen LogP) is 10.8. The van der Waals surface area contributed by atoms with Crippen LogP contribution in [0.1, 0.15) is 98.3 Å². The van der Waals surface area contributed by atoms with Gasteiger partial charge in [-0.3, -0.25) is 0 Å². The van der Waals surface area contributed by atoms with Gasteiger partial charge in [-0.1, -0.05) is 103 Å². The van der Waals surface area contributed by atoms with Crippen molar-refractivity contribution in [2.75, 3.05) is 0 Å². The van der Waals surface area contributed by atoms with E-state index in [1.165, 1.54) is 47.1 Å². The summed E-state index contributed by atoms with van der Waals surface area (Å²) < 4.78 is 0. The van der Waals surface area contributed by atoms with E-state index < -0.39 is 0 Å². The Morgan fingerprint density at radius 3 is 1.48 bits per heavy atom. The molecule has 0 spiro atoms. The highest BCUT2D eigenvalue weighted by atomic mass is 14.0. The Bertz CT molecular complexity index is 485. The molecule has 0 unspecified atom stereocenters. The molecule has 0 heterocycles. The summed E-state index contributed by atoms with van der Waals surface area (Å²) in [6, 6.07) is 6.57. The number of benzene rings is 1. The minimum Gasteiger partial charge on any atom is -0.106 e. The van der Waals surface area contributed by atoms with Crippen LogP contribution in [0, 0.1) is 19.8 Å². The second-order valence-corrected chi connectivity index (χ2v) is 7.00. The van der Waals surface area contributed by atoms with E-state index >= 15 is 0 Å². The number of allylic oxidation sites excluding steroid dienone is 3. The van der Waals surface area contributed by atoms with Gasteiger partial charge in [0.05, 0.1) is 0 Å². The van der Waals surface area contributed by atoms with Crippen LogP contribution < -0.4 is 0 Å². The van der Waals surface area contributed by atoms with Crippen molar-refractivity contribution in [1.29, 1.82) is 0 Å². The number of rotatable bonds is 3. The zero-order valence-corrected chi connectivity index (χ0v) is 22.0. The summed E-state index contributed by atoms with van der Waals surface area (Å²) in [4.78, 5) is 0. The lowest BCUT2D eigenvalue weighted by molar-refractivity contribution is 0.773. The zero-order valence-electron chi connectivity index (χ0n) is 22.0. The van der Waals surface area contributed by atoms with E-state index in [9.17, 15) is 0 Å². The monoisotopic (exact) mass is 402 g/mol. The molecule has 29 heavy (non-hydrogen) atoms. The predicted molar refractivity (Wildman–Crippen MR) is 144 cm³/mol. The lowest BCUT2D eigenvalue weighted by Crippen LogP contribution is -1.86. The zero-order chi connectivity index (χ0) is 24.4. The van der Waals surface area contributed by atoms with Crippen LogP contribution in [0.2, 0.25) is 0 Å². The molecule has 0 aliphatic rings.